The van der Waals surface area contributed by atoms with Crippen LogP contribution in [-0.2, 0) is 0 Å². The summed E-state index contributed by atoms with van der Waals surface area (Å²) in [5.74, 6) is 1.88. The highest BCUT2D eigenvalue weighted by molar-refractivity contribution is 6.17. The van der Waals surface area contributed by atoms with E-state index in [9.17, 15) is 0 Å². The van der Waals surface area contributed by atoms with Gasteiger partial charge in [0.05, 0.1) is 0 Å². The van der Waals surface area contributed by atoms with Gasteiger partial charge in [-0.05, 0) is 102 Å². The van der Waals surface area contributed by atoms with Gasteiger partial charge in [0.25, 0.3) is 0 Å². The van der Waals surface area contributed by atoms with Gasteiger partial charge in [0, 0.05) is 27.5 Å². The zero-order chi connectivity index (χ0) is 37.5. The maximum atomic E-state index is 6.29. The zero-order valence-corrected chi connectivity index (χ0v) is 30.6. The third-order valence-corrected chi connectivity index (χ3v) is 11.5. The highest BCUT2D eigenvalue weighted by Crippen LogP contribution is 2.49. The Morgan fingerprint density at radius 2 is 0.842 bits per heavy atom. The molecule has 0 atom stereocenters. The number of nitrogens with zero attached hydrogens (tertiary/aromatic N) is 3. The van der Waals surface area contributed by atoms with E-state index in [1.54, 1.807) is 0 Å². The lowest BCUT2D eigenvalue weighted by Gasteiger charge is -2.14. The minimum absolute atomic E-state index is 0.626. The molecule has 4 heteroatoms. The van der Waals surface area contributed by atoms with Crippen LogP contribution in [0.15, 0.2) is 192 Å². The van der Waals surface area contributed by atoms with E-state index in [-0.39, 0.29) is 0 Å². The van der Waals surface area contributed by atoms with Gasteiger partial charge < -0.3 is 4.42 Å². The van der Waals surface area contributed by atoms with Crippen molar-refractivity contribution in [3.8, 4) is 78.7 Å². The quantitative estimate of drug-likeness (QED) is 0.177. The van der Waals surface area contributed by atoms with E-state index in [2.05, 4.69) is 152 Å². The third-order valence-electron chi connectivity index (χ3n) is 11.5. The van der Waals surface area contributed by atoms with Crippen molar-refractivity contribution in [3.63, 3.8) is 0 Å². The number of furan rings is 1. The Morgan fingerprint density at radius 3 is 1.68 bits per heavy atom. The van der Waals surface area contributed by atoms with E-state index in [4.69, 9.17) is 19.4 Å². The molecule has 2 aromatic heterocycles. The molecule has 1 aliphatic rings. The molecule has 1 aliphatic carbocycles. The minimum Gasteiger partial charge on any atom is -0.456 e. The van der Waals surface area contributed by atoms with Crippen LogP contribution in [0.2, 0.25) is 0 Å². The van der Waals surface area contributed by atoms with Crippen LogP contribution in [0, 0.1) is 0 Å². The van der Waals surface area contributed by atoms with E-state index in [1.165, 1.54) is 33.0 Å². The molecular weight excluding hydrogens is 695 g/mol. The Morgan fingerprint density at radius 1 is 0.281 bits per heavy atom. The van der Waals surface area contributed by atoms with Crippen molar-refractivity contribution >= 4 is 43.5 Å². The van der Waals surface area contributed by atoms with Crippen molar-refractivity contribution in [2.45, 2.75) is 0 Å². The number of hydrogen-bond acceptors (Lipinski definition) is 4. The number of aromatic nitrogens is 3. The van der Waals surface area contributed by atoms with Crippen LogP contribution in [0.5, 0.6) is 0 Å². The van der Waals surface area contributed by atoms with Crippen LogP contribution in [0.3, 0.4) is 0 Å². The molecule has 4 nitrogen and oxygen atoms in total. The summed E-state index contributed by atoms with van der Waals surface area (Å²) >= 11 is 0. The maximum absolute atomic E-state index is 6.29. The first-order valence-electron chi connectivity index (χ1n) is 19.3. The molecule has 0 N–H and O–H groups in total. The van der Waals surface area contributed by atoms with Gasteiger partial charge in [0.15, 0.2) is 17.5 Å². The average Bonchev–Trinajstić information content (AvgIpc) is 3.83. The second-order valence-electron chi connectivity index (χ2n) is 14.7. The maximum Gasteiger partial charge on any atom is 0.164 e. The monoisotopic (exact) mass is 725 g/mol. The van der Waals surface area contributed by atoms with Crippen LogP contribution in [0.25, 0.3) is 122 Å². The summed E-state index contributed by atoms with van der Waals surface area (Å²) in [6, 6.07) is 66.2. The summed E-state index contributed by atoms with van der Waals surface area (Å²) in [6.07, 6.45) is 0. The number of benzene rings is 9. The minimum atomic E-state index is 0.626. The summed E-state index contributed by atoms with van der Waals surface area (Å²) in [5, 5.41) is 6.97. The molecule has 2 heterocycles. The first kappa shape index (κ1) is 31.6. The van der Waals surface area contributed by atoms with Crippen molar-refractivity contribution < 1.29 is 4.42 Å². The molecule has 0 unspecified atom stereocenters. The number of fused-ring (bicyclic) bond motifs is 7. The Hall–Kier alpha value is -7.69. The van der Waals surface area contributed by atoms with Crippen molar-refractivity contribution in [2.24, 2.45) is 0 Å². The van der Waals surface area contributed by atoms with Gasteiger partial charge in [0.1, 0.15) is 11.2 Å². The number of hydrogen-bond donors (Lipinski definition) is 0. The fraction of sp³-hybridized carbons (Fsp3) is 0. The summed E-state index contributed by atoms with van der Waals surface area (Å²) in [5.41, 5.74) is 14.3. The van der Waals surface area contributed by atoms with Crippen molar-refractivity contribution in [2.75, 3.05) is 0 Å². The van der Waals surface area contributed by atoms with Crippen molar-refractivity contribution in [3.05, 3.63) is 188 Å². The molecule has 264 valence electrons. The lowest BCUT2D eigenvalue weighted by molar-refractivity contribution is 0.669. The summed E-state index contributed by atoms with van der Waals surface area (Å²) in [4.78, 5) is 15.5. The topological polar surface area (TPSA) is 51.8 Å². The molecule has 0 saturated carbocycles. The standard InChI is InChI=1S/C53H31N3O/c1-2-13-32(14-3-1)51-54-52(35-17-10-15-33(29-35)36-30-34-16-11-23-42-38-19-5-7-21-40(38)46(31-36)49(34)42)56-53(55-51)44-28-27-41(37-18-4-6-20-39(37)44)43-24-12-26-48-50(43)45-22-8-9-25-47(45)57-48/h1-31H. The zero-order valence-electron chi connectivity index (χ0n) is 30.6. The third kappa shape index (κ3) is 4.98. The number of para-hydroxylation sites is 1. The summed E-state index contributed by atoms with van der Waals surface area (Å²) < 4.78 is 6.29. The highest BCUT2D eigenvalue weighted by atomic mass is 16.3. The largest absolute Gasteiger partial charge is 0.456 e. The SMILES string of the molecule is c1ccc(-c2nc(-c3cccc(-c4cc5c6c(cccc6c4)-c4ccccc4-5)c3)nc(-c3ccc(-c4cccc5oc6ccccc6c45)c4ccccc34)n2)cc1. The van der Waals surface area contributed by atoms with E-state index in [0.29, 0.717) is 17.5 Å². The molecule has 0 amide bonds. The first-order chi connectivity index (χ1) is 28.2. The fourth-order valence-electron chi connectivity index (χ4n) is 8.89. The molecule has 0 bridgehead atoms. The Bertz CT molecular complexity index is 3420. The van der Waals surface area contributed by atoms with Gasteiger partial charge in [-0.3, -0.25) is 0 Å². The molecular formula is C53H31N3O. The molecule has 0 saturated heterocycles. The predicted molar refractivity (Wildman–Crippen MR) is 234 cm³/mol. The Balaban J connectivity index is 1.03. The van der Waals surface area contributed by atoms with E-state index >= 15 is 0 Å². The summed E-state index contributed by atoms with van der Waals surface area (Å²) in [6.45, 7) is 0. The van der Waals surface area contributed by atoms with Gasteiger partial charge in [-0.25, -0.2) is 15.0 Å². The molecule has 0 radical (unpaired) electrons. The van der Waals surface area contributed by atoms with Crippen LogP contribution in [0.4, 0.5) is 0 Å². The van der Waals surface area contributed by atoms with Crippen molar-refractivity contribution in [1.29, 1.82) is 0 Å². The average molecular weight is 726 g/mol. The van der Waals surface area contributed by atoms with Gasteiger partial charge in [-0.1, -0.05) is 152 Å². The van der Waals surface area contributed by atoms with Crippen LogP contribution in [-0.4, -0.2) is 15.0 Å². The lowest BCUT2D eigenvalue weighted by atomic mass is 9.92. The molecule has 57 heavy (non-hydrogen) atoms. The Kier molecular flexibility index (Phi) is 6.89. The van der Waals surface area contributed by atoms with E-state index < -0.39 is 0 Å². The molecule has 0 fully saturated rings. The molecule has 11 aromatic rings. The van der Waals surface area contributed by atoms with Gasteiger partial charge >= 0.3 is 0 Å². The van der Waals surface area contributed by atoms with Gasteiger partial charge in [-0.2, -0.15) is 0 Å². The summed E-state index contributed by atoms with van der Waals surface area (Å²) in [7, 11) is 0. The van der Waals surface area contributed by atoms with Crippen molar-refractivity contribution in [1.82, 2.24) is 15.0 Å². The molecule has 0 aliphatic heterocycles. The van der Waals surface area contributed by atoms with Crippen LogP contribution in [0.1, 0.15) is 0 Å². The van der Waals surface area contributed by atoms with Gasteiger partial charge in [-0.15, -0.1) is 0 Å². The highest BCUT2D eigenvalue weighted by Gasteiger charge is 2.23. The lowest BCUT2D eigenvalue weighted by Crippen LogP contribution is -2.01. The second-order valence-corrected chi connectivity index (χ2v) is 14.7. The van der Waals surface area contributed by atoms with Gasteiger partial charge in [0.2, 0.25) is 0 Å². The smallest absolute Gasteiger partial charge is 0.164 e. The first-order valence-corrected chi connectivity index (χ1v) is 19.3. The number of rotatable bonds is 5. The molecule has 0 spiro atoms. The fourth-order valence-corrected chi connectivity index (χ4v) is 8.89. The predicted octanol–water partition coefficient (Wildman–Crippen LogP) is 14.1. The van der Waals surface area contributed by atoms with Crippen LogP contribution >= 0.6 is 0 Å². The second kappa shape index (κ2) is 12.4. The molecule has 12 rings (SSSR count). The Labute approximate surface area is 328 Å². The normalized spacial score (nSPS) is 11.9. The molecule has 9 aromatic carbocycles. The van der Waals surface area contributed by atoms with E-state index in [0.717, 1.165) is 71.7 Å². The van der Waals surface area contributed by atoms with E-state index in [1.807, 2.05) is 36.4 Å². The van der Waals surface area contributed by atoms with Crippen LogP contribution < -0.4 is 0 Å².